The van der Waals surface area contributed by atoms with E-state index in [4.69, 9.17) is 19.5 Å². The maximum Gasteiger partial charge on any atom is 0.200 e. The number of aliphatic hydroxyl groups is 1. The van der Waals surface area contributed by atoms with Crippen LogP contribution in [0.15, 0.2) is 54.7 Å². The van der Waals surface area contributed by atoms with Crippen molar-refractivity contribution in [3.8, 4) is 17.1 Å². The van der Waals surface area contributed by atoms with Crippen LogP contribution in [0.25, 0.3) is 28.0 Å². The molecule has 1 aliphatic rings. The number of nitrogens with one attached hydrogen (secondary N) is 1. The molecular weight excluding hydrogens is 637 g/mol. The van der Waals surface area contributed by atoms with E-state index in [2.05, 4.69) is 55.6 Å². The number of rotatable bonds is 11. The lowest BCUT2D eigenvalue weighted by Gasteiger charge is -2.36. The molecular formula is C37H54N6O3SSi. The van der Waals surface area contributed by atoms with Gasteiger partial charge in [-0.2, -0.15) is 5.10 Å². The third-order valence-electron chi connectivity index (χ3n) is 9.66. The number of pyridine rings is 2. The lowest BCUT2D eigenvalue weighted by Crippen LogP contribution is -2.51. The zero-order chi connectivity index (χ0) is 34.9. The SMILES string of the molecule is CCCC(O)(N[S+]([O-])C(C)(C)C)c1cccc(-c2cc(N3CCCCC3)c3cnn(-c4cccc(CO[Si](C)(C)C(C)(C)C)n4)c3c2)n1. The molecule has 2 atom stereocenters. The van der Waals surface area contributed by atoms with E-state index in [0.29, 0.717) is 25.1 Å². The Kier molecular flexibility index (Phi) is 10.8. The number of benzene rings is 1. The number of hydrogen-bond donors (Lipinski definition) is 2. The molecule has 48 heavy (non-hydrogen) atoms. The van der Waals surface area contributed by atoms with Crippen LogP contribution in [-0.2, 0) is 28.1 Å². The normalized spacial score (nSPS) is 16.7. The number of aromatic nitrogens is 4. The molecule has 1 saturated heterocycles. The Balaban J connectivity index is 1.58. The van der Waals surface area contributed by atoms with Gasteiger partial charge >= 0.3 is 0 Å². The Morgan fingerprint density at radius 1 is 0.979 bits per heavy atom. The first-order valence-corrected chi connectivity index (χ1v) is 21.4. The van der Waals surface area contributed by atoms with Gasteiger partial charge in [0.25, 0.3) is 0 Å². The molecule has 11 heteroatoms. The summed E-state index contributed by atoms with van der Waals surface area (Å²) in [6, 6.07) is 16.0. The topological polar surface area (TPSA) is 111 Å². The van der Waals surface area contributed by atoms with E-state index in [-0.39, 0.29) is 5.04 Å². The van der Waals surface area contributed by atoms with Gasteiger partial charge in [-0.15, -0.1) is 4.72 Å². The molecule has 0 spiro atoms. The Bertz CT molecular complexity index is 1710. The maximum absolute atomic E-state index is 13.1. The van der Waals surface area contributed by atoms with Gasteiger partial charge < -0.3 is 19.0 Å². The Morgan fingerprint density at radius 3 is 2.35 bits per heavy atom. The largest absolute Gasteiger partial charge is 0.598 e. The Morgan fingerprint density at radius 2 is 1.69 bits per heavy atom. The second-order valence-corrected chi connectivity index (χ2v) is 22.3. The van der Waals surface area contributed by atoms with E-state index < -0.39 is 30.2 Å². The first-order valence-electron chi connectivity index (χ1n) is 17.3. The quantitative estimate of drug-likeness (QED) is 0.0926. The summed E-state index contributed by atoms with van der Waals surface area (Å²) in [5.41, 5.74) is 3.48. The van der Waals surface area contributed by atoms with Crippen LogP contribution in [0.2, 0.25) is 18.1 Å². The van der Waals surface area contributed by atoms with Gasteiger partial charge in [0.15, 0.2) is 19.9 Å². The third kappa shape index (κ3) is 7.98. The summed E-state index contributed by atoms with van der Waals surface area (Å²) < 4.78 is 24.0. The number of anilines is 1. The molecule has 9 nitrogen and oxygen atoms in total. The van der Waals surface area contributed by atoms with Crippen LogP contribution in [-0.4, -0.2) is 55.6 Å². The molecule has 2 unspecified atom stereocenters. The van der Waals surface area contributed by atoms with E-state index in [1.54, 1.807) is 0 Å². The number of nitrogens with zero attached hydrogens (tertiary/aromatic N) is 5. The average molecular weight is 691 g/mol. The van der Waals surface area contributed by atoms with E-state index in [9.17, 15) is 9.66 Å². The van der Waals surface area contributed by atoms with Crippen molar-refractivity contribution in [3.63, 3.8) is 0 Å². The van der Waals surface area contributed by atoms with Crippen LogP contribution in [0.1, 0.15) is 92.0 Å². The van der Waals surface area contributed by atoms with Crippen molar-refractivity contribution in [1.82, 2.24) is 24.5 Å². The van der Waals surface area contributed by atoms with Gasteiger partial charge in [0.2, 0.25) is 0 Å². The fourth-order valence-electron chi connectivity index (χ4n) is 5.70. The van der Waals surface area contributed by atoms with Crippen LogP contribution in [0, 0.1) is 0 Å². The molecule has 3 aromatic heterocycles. The van der Waals surface area contributed by atoms with Gasteiger partial charge in [-0.3, -0.25) is 0 Å². The highest BCUT2D eigenvalue weighted by molar-refractivity contribution is 7.90. The summed E-state index contributed by atoms with van der Waals surface area (Å²) in [5, 5.41) is 17.9. The zero-order valence-electron chi connectivity index (χ0n) is 30.3. The molecule has 0 radical (unpaired) electrons. The van der Waals surface area contributed by atoms with Crippen molar-refractivity contribution in [2.45, 2.75) is 116 Å². The zero-order valence-corrected chi connectivity index (χ0v) is 32.1. The fraction of sp³-hybridized carbons (Fsp3) is 0.541. The summed E-state index contributed by atoms with van der Waals surface area (Å²) in [4.78, 5) is 12.5. The molecule has 2 N–H and O–H groups in total. The molecule has 4 heterocycles. The molecule has 0 saturated carbocycles. The van der Waals surface area contributed by atoms with Crippen molar-refractivity contribution in [1.29, 1.82) is 0 Å². The van der Waals surface area contributed by atoms with Crippen LogP contribution in [0.3, 0.4) is 0 Å². The highest BCUT2D eigenvalue weighted by Gasteiger charge is 2.40. The molecule has 5 rings (SSSR count). The number of piperidine rings is 1. The van der Waals surface area contributed by atoms with Gasteiger partial charge in [0.05, 0.1) is 35.4 Å². The minimum absolute atomic E-state index is 0.112. The van der Waals surface area contributed by atoms with Crippen LogP contribution in [0.4, 0.5) is 5.69 Å². The molecule has 1 aliphatic heterocycles. The van der Waals surface area contributed by atoms with Crippen molar-refractivity contribution in [2.75, 3.05) is 18.0 Å². The third-order valence-corrected chi connectivity index (χ3v) is 15.8. The summed E-state index contributed by atoms with van der Waals surface area (Å²) in [6.07, 6.45) is 6.53. The second kappa shape index (κ2) is 14.2. The van der Waals surface area contributed by atoms with Crippen molar-refractivity contribution >= 4 is 36.3 Å². The van der Waals surface area contributed by atoms with Crippen molar-refractivity contribution in [2.24, 2.45) is 0 Å². The average Bonchev–Trinajstić information content (AvgIpc) is 3.47. The fourth-order valence-corrected chi connectivity index (χ4v) is 7.46. The maximum atomic E-state index is 13.1. The molecule has 0 amide bonds. The molecule has 1 aromatic carbocycles. The number of fused-ring (bicyclic) bond motifs is 1. The standard InChI is InChI=1S/C37H54N6O3SSi/c1-10-20-37(44,41-47(45)35(2,3)4)33-18-15-17-30(40-33)27-23-31(42-21-12-11-13-22-42)29-25-38-43(32(29)24-27)34-19-14-16-28(39-34)26-46-48(8,9)36(5,6)7/h14-19,23-25,41,44H,10-13,20-22,26H2,1-9H3. The molecule has 1 fully saturated rings. The van der Waals surface area contributed by atoms with Gasteiger partial charge in [0.1, 0.15) is 4.75 Å². The highest BCUT2D eigenvalue weighted by Crippen LogP contribution is 2.38. The smallest absolute Gasteiger partial charge is 0.200 e. The molecule has 4 aromatic rings. The molecule has 260 valence electrons. The van der Waals surface area contributed by atoms with Gasteiger partial charge in [-0.05, 0) is 101 Å². The molecule has 0 aliphatic carbocycles. The number of hydrogen-bond acceptors (Lipinski definition) is 8. The Labute approximate surface area is 291 Å². The first kappa shape index (κ1) is 36.5. The first-order chi connectivity index (χ1) is 22.5. The van der Waals surface area contributed by atoms with E-state index in [1.807, 2.05) is 75.0 Å². The summed E-state index contributed by atoms with van der Waals surface area (Å²) in [6.45, 7) is 21.3. The lowest BCUT2D eigenvalue weighted by atomic mass is 10.0. The Hall–Kier alpha value is -2.80. The summed E-state index contributed by atoms with van der Waals surface area (Å²) in [5.74, 6) is 0.732. The van der Waals surface area contributed by atoms with Crippen LogP contribution >= 0.6 is 0 Å². The van der Waals surface area contributed by atoms with E-state index >= 15 is 0 Å². The van der Waals surface area contributed by atoms with Gasteiger partial charge in [0, 0.05) is 41.1 Å². The van der Waals surface area contributed by atoms with Crippen LogP contribution in [0.5, 0.6) is 0 Å². The van der Waals surface area contributed by atoms with Crippen molar-refractivity contribution in [3.05, 3.63) is 66.1 Å². The lowest BCUT2D eigenvalue weighted by molar-refractivity contribution is 0.0101. The van der Waals surface area contributed by atoms with E-state index in [1.165, 1.54) is 6.42 Å². The predicted octanol–water partition coefficient (Wildman–Crippen LogP) is 7.99. The second-order valence-electron chi connectivity index (χ2n) is 15.6. The highest BCUT2D eigenvalue weighted by atomic mass is 32.2. The predicted molar refractivity (Wildman–Crippen MR) is 200 cm³/mol. The van der Waals surface area contributed by atoms with Crippen LogP contribution < -0.4 is 9.62 Å². The molecule has 0 bridgehead atoms. The van der Waals surface area contributed by atoms with Gasteiger partial charge in [-0.1, -0.05) is 46.2 Å². The summed E-state index contributed by atoms with van der Waals surface area (Å²) >= 11 is -1.49. The monoisotopic (exact) mass is 690 g/mol. The minimum Gasteiger partial charge on any atom is -0.598 e. The van der Waals surface area contributed by atoms with E-state index in [0.717, 1.165) is 65.3 Å². The van der Waals surface area contributed by atoms with Gasteiger partial charge in [-0.25, -0.2) is 14.6 Å². The van der Waals surface area contributed by atoms with Crippen molar-refractivity contribution < 1.29 is 14.1 Å². The summed E-state index contributed by atoms with van der Waals surface area (Å²) in [7, 11) is -1.94. The minimum atomic E-state index is -1.94.